The van der Waals surface area contributed by atoms with Gasteiger partial charge in [0.2, 0.25) is 0 Å². The molecule has 0 spiro atoms. The van der Waals surface area contributed by atoms with Crippen molar-refractivity contribution in [3.05, 3.63) is 74.7 Å². The van der Waals surface area contributed by atoms with Gasteiger partial charge in [0, 0.05) is 47.7 Å². The summed E-state index contributed by atoms with van der Waals surface area (Å²) in [6, 6.07) is 9.45. The van der Waals surface area contributed by atoms with E-state index < -0.39 is 0 Å². The molecule has 0 unspecified atom stereocenters. The minimum Gasteiger partial charge on any atom is -0.369 e. The van der Waals surface area contributed by atoms with Crippen molar-refractivity contribution in [1.29, 1.82) is 0 Å². The maximum absolute atomic E-state index is 13.4. The van der Waals surface area contributed by atoms with Crippen molar-refractivity contribution in [3.8, 4) is 0 Å². The molecule has 2 fully saturated rings. The third kappa shape index (κ3) is 5.15. The normalized spacial score (nSPS) is 23.8. The second-order valence-electron chi connectivity index (χ2n) is 10.6. The summed E-state index contributed by atoms with van der Waals surface area (Å²) in [6.07, 6.45) is 13.1. The highest BCUT2D eigenvalue weighted by atomic mass is 16.1. The van der Waals surface area contributed by atoms with Crippen LogP contribution in [0.2, 0.25) is 0 Å². The van der Waals surface area contributed by atoms with Gasteiger partial charge < -0.3 is 20.1 Å². The molecule has 1 aromatic carbocycles. The number of pyridine rings is 1. The van der Waals surface area contributed by atoms with Gasteiger partial charge in [-0.2, -0.15) is 0 Å². The topological polar surface area (TPSA) is 68.4 Å². The number of anilines is 1. The van der Waals surface area contributed by atoms with E-state index in [2.05, 4.69) is 45.2 Å². The Labute approximate surface area is 214 Å². The number of nitrogens with one attached hydrogen (secondary N) is 2. The quantitative estimate of drug-likeness (QED) is 0.622. The lowest BCUT2D eigenvalue weighted by molar-refractivity contribution is 0.0866. The third-order valence-corrected chi connectivity index (χ3v) is 8.42. The number of rotatable bonds is 4. The SMILES string of the molecule is CCN(c1cccc2c1C/C=C\CCc1cc(C)[nH]c(=O)c1CNC2=O)C1CCC(N2CCC2)CC1. The molecule has 3 heterocycles. The van der Waals surface area contributed by atoms with E-state index in [1.165, 1.54) is 50.9 Å². The summed E-state index contributed by atoms with van der Waals surface area (Å²) in [6.45, 7) is 7.86. The molecule has 5 rings (SSSR count). The van der Waals surface area contributed by atoms with Crippen molar-refractivity contribution >= 4 is 11.6 Å². The number of hydrogen-bond acceptors (Lipinski definition) is 4. The fraction of sp³-hybridized carbons (Fsp3) is 0.533. The average Bonchev–Trinajstić information content (AvgIpc) is 2.83. The minimum absolute atomic E-state index is 0.105. The van der Waals surface area contributed by atoms with Crippen LogP contribution in [0.5, 0.6) is 0 Å². The molecule has 6 heteroatoms. The monoisotopic (exact) mass is 488 g/mol. The van der Waals surface area contributed by atoms with Crippen LogP contribution < -0.4 is 15.8 Å². The van der Waals surface area contributed by atoms with Crippen molar-refractivity contribution in [3.63, 3.8) is 0 Å². The highest BCUT2D eigenvalue weighted by Gasteiger charge is 2.32. The number of likely N-dealkylation sites (tertiary alicyclic amines) is 1. The Morgan fingerprint density at radius 1 is 1.06 bits per heavy atom. The number of benzene rings is 1. The number of aromatic nitrogens is 1. The Hall–Kier alpha value is -2.86. The van der Waals surface area contributed by atoms with Crippen molar-refractivity contribution in [2.45, 2.75) is 83.8 Å². The van der Waals surface area contributed by atoms with Crippen molar-refractivity contribution in [1.82, 2.24) is 15.2 Å². The van der Waals surface area contributed by atoms with Gasteiger partial charge in [-0.25, -0.2) is 0 Å². The predicted molar refractivity (Wildman–Crippen MR) is 146 cm³/mol. The number of H-pyrrole nitrogens is 1. The zero-order chi connectivity index (χ0) is 25.1. The molecular weight excluding hydrogens is 448 g/mol. The lowest BCUT2D eigenvalue weighted by atomic mass is 9.87. The molecule has 192 valence electrons. The molecule has 1 aromatic heterocycles. The first kappa shape index (κ1) is 24.8. The molecule has 2 aliphatic heterocycles. The summed E-state index contributed by atoms with van der Waals surface area (Å²) < 4.78 is 0. The highest BCUT2D eigenvalue weighted by Crippen LogP contribution is 2.34. The fourth-order valence-electron chi connectivity index (χ4n) is 6.36. The Balaban J connectivity index is 1.41. The van der Waals surface area contributed by atoms with Gasteiger partial charge in [0.15, 0.2) is 0 Å². The molecule has 36 heavy (non-hydrogen) atoms. The summed E-state index contributed by atoms with van der Waals surface area (Å²) in [5.74, 6) is -0.107. The number of aromatic amines is 1. The zero-order valence-electron chi connectivity index (χ0n) is 21.8. The molecule has 1 saturated heterocycles. The summed E-state index contributed by atoms with van der Waals surface area (Å²) >= 11 is 0. The third-order valence-electron chi connectivity index (χ3n) is 8.42. The van der Waals surface area contributed by atoms with Crippen LogP contribution in [-0.4, -0.2) is 47.5 Å². The Morgan fingerprint density at radius 3 is 2.58 bits per heavy atom. The van der Waals surface area contributed by atoms with Gasteiger partial charge >= 0.3 is 0 Å². The molecule has 0 bridgehead atoms. The standard InChI is InChI=1S/C30H40N4O2/c1-3-34(24-15-13-23(14-16-24)33-17-8-18-33)28-12-7-11-26-25(28)10-6-4-5-9-22-19-21(2)32-30(36)27(22)20-31-29(26)35/h4,6-7,11-12,19,23-24H,3,5,8-10,13-18,20H2,1-2H3,(H,31,35)(H,32,36)/b6-4-. The first-order chi connectivity index (χ1) is 17.5. The lowest BCUT2D eigenvalue weighted by Gasteiger charge is -2.45. The number of carbonyl (C=O) groups is 1. The van der Waals surface area contributed by atoms with Gasteiger partial charge in [0.1, 0.15) is 0 Å². The molecule has 2 aromatic rings. The molecule has 2 N–H and O–H groups in total. The largest absolute Gasteiger partial charge is 0.369 e. The molecule has 3 aliphatic rings. The first-order valence-corrected chi connectivity index (χ1v) is 13.8. The number of aryl methyl sites for hydroxylation is 2. The van der Waals surface area contributed by atoms with Crippen LogP contribution in [0, 0.1) is 6.92 Å². The number of allylic oxidation sites excluding steroid dienone is 2. The highest BCUT2D eigenvalue weighted by molar-refractivity contribution is 5.97. The van der Waals surface area contributed by atoms with Gasteiger partial charge in [0.05, 0.1) is 0 Å². The van der Waals surface area contributed by atoms with E-state index in [0.29, 0.717) is 11.6 Å². The number of amides is 1. The maximum Gasteiger partial charge on any atom is 0.253 e. The number of fused-ring (bicyclic) bond motifs is 2. The second-order valence-corrected chi connectivity index (χ2v) is 10.6. The number of carbonyl (C=O) groups excluding carboxylic acids is 1. The van der Waals surface area contributed by atoms with Crippen molar-refractivity contribution in [2.24, 2.45) is 0 Å². The first-order valence-electron chi connectivity index (χ1n) is 13.8. The number of nitrogens with zero attached hydrogens (tertiary/aromatic N) is 2. The Kier molecular flexibility index (Phi) is 7.61. The fourth-order valence-corrected chi connectivity index (χ4v) is 6.36. The molecule has 1 saturated carbocycles. The maximum atomic E-state index is 13.4. The van der Waals surface area contributed by atoms with Crippen LogP contribution in [0.3, 0.4) is 0 Å². The van der Waals surface area contributed by atoms with E-state index in [4.69, 9.17) is 0 Å². The van der Waals surface area contributed by atoms with Crippen LogP contribution in [0.1, 0.15) is 78.2 Å². The minimum atomic E-state index is -0.107. The van der Waals surface area contributed by atoms with E-state index in [0.717, 1.165) is 54.2 Å². The smallest absolute Gasteiger partial charge is 0.253 e. The van der Waals surface area contributed by atoms with Crippen molar-refractivity contribution < 1.29 is 4.79 Å². The van der Waals surface area contributed by atoms with E-state index in [1.54, 1.807) is 0 Å². The summed E-state index contributed by atoms with van der Waals surface area (Å²) in [5, 5.41) is 3.06. The van der Waals surface area contributed by atoms with Gasteiger partial charge in [-0.15, -0.1) is 0 Å². The van der Waals surface area contributed by atoms with E-state index in [9.17, 15) is 9.59 Å². The molecular formula is C30H40N4O2. The zero-order valence-corrected chi connectivity index (χ0v) is 21.8. The van der Waals surface area contributed by atoms with Crippen LogP contribution in [-0.2, 0) is 19.4 Å². The summed E-state index contributed by atoms with van der Waals surface area (Å²) in [5.41, 5.74) is 5.43. The predicted octanol–water partition coefficient (Wildman–Crippen LogP) is 4.50. The summed E-state index contributed by atoms with van der Waals surface area (Å²) in [4.78, 5) is 34.2. The van der Waals surface area contributed by atoms with E-state index in [1.807, 2.05) is 25.1 Å². The lowest BCUT2D eigenvalue weighted by Crippen LogP contribution is -2.49. The van der Waals surface area contributed by atoms with Gasteiger partial charge in [-0.1, -0.05) is 18.2 Å². The van der Waals surface area contributed by atoms with Crippen LogP contribution in [0.4, 0.5) is 5.69 Å². The van der Waals surface area contributed by atoms with Crippen LogP contribution in [0.25, 0.3) is 0 Å². The molecule has 6 nitrogen and oxygen atoms in total. The van der Waals surface area contributed by atoms with Crippen LogP contribution >= 0.6 is 0 Å². The molecule has 1 aliphatic carbocycles. The molecule has 0 atom stereocenters. The van der Waals surface area contributed by atoms with Gasteiger partial charge in [-0.3, -0.25) is 9.59 Å². The van der Waals surface area contributed by atoms with Crippen molar-refractivity contribution in [2.75, 3.05) is 24.5 Å². The van der Waals surface area contributed by atoms with Gasteiger partial charge in [-0.05, 0) is 108 Å². The average molecular weight is 489 g/mol. The van der Waals surface area contributed by atoms with Gasteiger partial charge in [0.25, 0.3) is 11.5 Å². The summed E-state index contributed by atoms with van der Waals surface area (Å²) in [7, 11) is 0. The van der Waals surface area contributed by atoms with Crippen LogP contribution in [0.15, 0.2) is 41.2 Å². The van der Waals surface area contributed by atoms with E-state index in [-0.39, 0.29) is 18.0 Å². The second kappa shape index (κ2) is 11.0. The van der Waals surface area contributed by atoms with E-state index >= 15 is 0 Å². The Bertz CT molecular complexity index is 1170. The molecule has 0 radical (unpaired) electrons. The molecule has 1 amide bonds. The Morgan fingerprint density at radius 2 is 1.86 bits per heavy atom. The number of hydrogen-bond donors (Lipinski definition) is 2.